The summed E-state index contributed by atoms with van der Waals surface area (Å²) in [4.78, 5) is 5.58. The molecule has 0 spiro atoms. The molecule has 6 heteroatoms. The minimum atomic E-state index is -0.312. The predicted molar refractivity (Wildman–Crippen MR) is 62.8 cm³/mol. The zero-order chi connectivity index (χ0) is 11.7. The molecule has 5 nitrogen and oxygen atoms in total. The lowest BCUT2D eigenvalue weighted by molar-refractivity contribution is 0.191. The van der Waals surface area contributed by atoms with Crippen LogP contribution in [0.4, 0.5) is 0 Å². The predicted octanol–water partition coefficient (Wildman–Crippen LogP) is 1.12. The van der Waals surface area contributed by atoms with E-state index < -0.39 is 0 Å². The van der Waals surface area contributed by atoms with Gasteiger partial charge >= 0.3 is 0 Å². The molecule has 1 aliphatic rings. The number of nitrogens with one attached hydrogen (secondary N) is 1. The van der Waals surface area contributed by atoms with Gasteiger partial charge in [0.2, 0.25) is 5.89 Å². The van der Waals surface area contributed by atoms with Gasteiger partial charge in [-0.05, 0) is 17.9 Å². The lowest BCUT2D eigenvalue weighted by Crippen LogP contribution is -2.15. The summed E-state index contributed by atoms with van der Waals surface area (Å²) in [6, 6.07) is 4.06. The minimum Gasteiger partial charge on any atom is -0.392 e. The highest BCUT2D eigenvalue weighted by Crippen LogP contribution is 2.22. The Morgan fingerprint density at radius 3 is 3.24 bits per heavy atom. The zero-order valence-electron chi connectivity index (χ0n) is 9.17. The third-order valence-corrected chi connectivity index (χ3v) is 3.68. The number of hydrogen-bond donors (Lipinski definition) is 2. The maximum Gasteiger partial charge on any atom is 0.243 e. The van der Waals surface area contributed by atoms with E-state index in [-0.39, 0.29) is 12.1 Å². The molecule has 0 bridgehead atoms. The molecule has 3 heterocycles. The molecule has 0 aromatic carbocycles. The van der Waals surface area contributed by atoms with Crippen LogP contribution in [0.3, 0.4) is 0 Å². The van der Waals surface area contributed by atoms with Gasteiger partial charge < -0.3 is 14.9 Å². The number of β-amino-alcohol motifs (C(OH)–C–C–N with tert-alkyl or cyclic N) is 1. The van der Waals surface area contributed by atoms with Gasteiger partial charge in [-0.3, -0.25) is 0 Å². The van der Waals surface area contributed by atoms with Crippen LogP contribution in [0.1, 0.15) is 29.1 Å². The van der Waals surface area contributed by atoms with Gasteiger partial charge in [-0.2, -0.15) is 4.98 Å². The second-order valence-corrected chi connectivity index (χ2v) is 5.19. The molecule has 17 heavy (non-hydrogen) atoms. The first-order chi connectivity index (χ1) is 8.31. The first-order valence-electron chi connectivity index (χ1n) is 5.57. The van der Waals surface area contributed by atoms with Gasteiger partial charge in [-0.1, -0.05) is 11.2 Å². The number of aliphatic hydroxyl groups excluding tert-OH is 1. The number of rotatable bonds is 3. The molecule has 0 saturated carbocycles. The SMILES string of the molecule is OC1CN[C@H](c2nc(Cc3cccs3)no2)C1. The third-order valence-electron chi connectivity index (χ3n) is 2.80. The highest BCUT2D eigenvalue weighted by atomic mass is 32.1. The minimum absolute atomic E-state index is 0.00501. The molecule has 0 aliphatic carbocycles. The lowest BCUT2D eigenvalue weighted by atomic mass is 10.2. The van der Waals surface area contributed by atoms with E-state index in [1.807, 2.05) is 11.4 Å². The second-order valence-electron chi connectivity index (χ2n) is 4.16. The van der Waals surface area contributed by atoms with E-state index in [0.29, 0.717) is 31.1 Å². The molecule has 1 fully saturated rings. The van der Waals surface area contributed by atoms with E-state index in [0.717, 1.165) is 0 Å². The normalized spacial score (nSPS) is 24.3. The molecule has 2 aromatic heterocycles. The number of nitrogens with zero attached hydrogens (tertiary/aromatic N) is 2. The summed E-state index contributed by atoms with van der Waals surface area (Å²) in [5, 5.41) is 18.6. The van der Waals surface area contributed by atoms with Crippen molar-refractivity contribution in [3.63, 3.8) is 0 Å². The Labute approximate surface area is 102 Å². The Hall–Kier alpha value is -1.24. The number of thiophene rings is 1. The lowest BCUT2D eigenvalue weighted by Gasteiger charge is -2.01. The van der Waals surface area contributed by atoms with E-state index in [1.165, 1.54) is 4.88 Å². The van der Waals surface area contributed by atoms with E-state index in [9.17, 15) is 5.11 Å². The van der Waals surface area contributed by atoms with Crippen LogP contribution in [0.5, 0.6) is 0 Å². The van der Waals surface area contributed by atoms with Gasteiger partial charge in [0.1, 0.15) is 0 Å². The van der Waals surface area contributed by atoms with E-state index in [2.05, 4.69) is 21.5 Å². The zero-order valence-corrected chi connectivity index (χ0v) is 9.98. The van der Waals surface area contributed by atoms with Crippen LogP contribution >= 0.6 is 11.3 Å². The Bertz CT molecular complexity index is 483. The summed E-state index contributed by atoms with van der Waals surface area (Å²) in [7, 11) is 0. The molecule has 2 N–H and O–H groups in total. The van der Waals surface area contributed by atoms with Crippen molar-refractivity contribution >= 4 is 11.3 Å². The van der Waals surface area contributed by atoms with Gasteiger partial charge in [-0.15, -0.1) is 11.3 Å². The molecule has 0 radical (unpaired) electrons. The van der Waals surface area contributed by atoms with Gasteiger partial charge in [0.05, 0.1) is 12.1 Å². The van der Waals surface area contributed by atoms with Gasteiger partial charge in [-0.25, -0.2) is 0 Å². The number of hydrogen-bond acceptors (Lipinski definition) is 6. The molecule has 1 saturated heterocycles. The Kier molecular flexibility index (Phi) is 2.92. The van der Waals surface area contributed by atoms with Crippen molar-refractivity contribution in [1.29, 1.82) is 0 Å². The first-order valence-corrected chi connectivity index (χ1v) is 6.45. The summed E-state index contributed by atoms with van der Waals surface area (Å²) in [6.07, 6.45) is 1.03. The smallest absolute Gasteiger partial charge is 0.243 e. The van der Waals surface area contributed by atoms with Gasteiger partial charge in [0.15, 0.2) is 5.82 Å². The fraction of sp³-hybridized carbons (Fsp3) is 0.455. The van der Waals surface area contributed by atoms with Crippen LogP contribution in [-0.2, 0) is 6.42 Å². The van der Waals surface area contributed by atoms with Crippen molar-refractivity contribution in [2.45, 2.75) is 25.0 Å². The molecule has 2 atom stereocenters. The standard InChI is InChI=1S/C11H13N3O2S/c15-7-4-9(12-6-7)11-13-10(14-16-11)5-8-2-1-3-17-8/h1-3,7,9,12,15H,4-6H2/t7?,9-/m0/s1. The quantitative estimate of drug-likeness (QED) is 0.855. The second kappa shape index (κ2) is 4.56. The largest absolute Gasteiger partial charge is 0.392 e. The van der Waals surface area contributed by atoms with Gasteiger partial charge in [0, 0.05) is 17.8 Å². The van der Waals surface area contributed by atoms with Crippen molar-refractivity contribution in [2.75, 3.05) is 6.54 Å². The monoisotopic (exact) mass is 251 g/mol. The van der Waals surface area contributed by atoms with Crippen molar-refractivity contribution in [1.82, 2.24) is 15.5 Å². The van der Waals surface area contributed by atoms with Crippen LogP contribution in [0, 0.1) is 0 Å². The van der Waals surface area contributed by atoms with Crippen molar-refractivity contribution in [2.24, 2.45) is 0 Å². The van der Waals surface area contributed by atoms with E-state index in [4.69, 9.17) is 4.52 Å². The van der Waals surface area contributed by atoms with Crippen LogP contribution in [0.2, 0.25) is 0 Å². The fourth-order valence-corrected chi connectivity index (χ4v) is 2.66. The first kappa shape index (κ1) is 10.9. The molecular formula is C11H13N3O2S. The Morgan fingerprint density at radius 2 is 2.53 bits per heavy atom. The fourth-order valence-electron chi connectivity index (χ4n) is 1.95. The summed E-state index contributed by atoms with van der Waals surface area (Å²) in [5.41, 5.74) is 0. The van der Waals surface area contributed by atoms with Crippen molar-refractivity contribution in [3.05, 3.63) is 34.1 Å². The summed E-state index contributed by atoms with van der Waals surface area (Å²) < 4.78 is 5.22. The summed E-state index contributed by atoms with van der Waals surface area (Å²) in [6.45, 7) is 0.591. The highest BCUT2D eigenvalue weighted by Gasteiger charge is 2.28. The van der Waals surface area contributed by atoms with Crippen LogP contribution in [-0.4, -0.2) is 27.9 Å². The Morgan fingerprint density at radius 1 is 1.59 bits per heavy atom. The summed E-state index contributed by atoms with van der Waals surface area (Å²) in [5.74, 6) is 1.28. The summed E-state index contributed by atoms with van der Waals surface area (Å²) >= 11 is 1.68. The molecule has 1 aliphatic heterocycles. The number of aliphatic hydroxyl groups is 1. The topological polar surface area (TPSA) is 71.2 Å². The number of aromatic nitrogens is 2. The third kappa shape index (κ3) is 2.38. The maximum absolute atomic E-state index is 9.42. The van der Waals surface area contributed by atoms with Crippen molar-refractivity contribution in [3.8, 4) is 0 Å². The molecule has 0 amide bonds. The van der Waals surface area contributed by atoms with Crippen LogP contribution in [0.25, 0.3) is 0 Å². The van der Waals surface area contributed by atoms with Crippen LogP contribution < -0.4 is 5.32 Å². The molecule has 3 rings (SSSR count). The molecule has 1 unspecified atom stereocenters. The van der Waals surface area contributed by atoms with Gasteiger partial charge in [0.25, 0.3) is 0 Å². The average molecular weight is 251 g/mol. The molecular weight excluding hydrogens is 238 g/mol. The van der Waals surface area contributed by atoms with E-state index >= 15 is 0 Å². The highest BCUT2D eigenvalue weighted by molar-refractivity contribution is 7.09. The van der Waals surface area contributed by atoms with Crippen LogP contribution in [0.15, 0.2) is 22.0 Å². The molecule has 90 valence electrons. The average Bonchev–Trinajstić information content (AvgIpc) is 2.99. The maximum atomic E-state index is 9.42. The van der Waals surface area contributed by atoms with E-state index in [1.54, 1.807) is 11.3 Å². The molecule has 2 aromatic rings. The Balaban J connectivity index is 1.70. The van der Waals surface area contributed by atoms with Crippen molar-refractivity contribution < 1.29 is 9.63 Å².